The molecular formula is C29H30F4N2O2. The number of phenols is 1. The first-order chi connectivity index (χ1) is 17.5. The monoisotopic (exact) mass is 514 g/mol. The average molecular weight is 515 g/mol. The van der Waals surface area contributed by atoms with Gasteiger partial charge in [-0.15, -0.1) is 0 Å². The SMILES string of the molecule is CC(C)N(CC1CN(Cc2ccccc2O)CC1c1cccc(C(F)(F)F)c1)C(=O)c1ccc(F)cc1. The summed E-state index contributed by atoms with van der Waals surface area (Å²) in [4.78, 5) is 17.1. The largest absolute Gasteiger partial charge is 0.508 e. The average Bonchev–Trinajstić information content (AvgIpc) is 3.26. The predicted octanol–water partition coefficient (Wildman–Crippen LogP) is 6.32. The van der Waals surface area contributed by atoms with Gasteiger partial charge in [-0.05, 0) is 61.7 Å². The molecule has 1 aliphatic rings. The normalized spacial score (nSPS) is 18.4. The minimum atomic E-state index is -4.46. The second-order valence-corrected chi connectivity index (χ2v) is 9.87. The molecule has 0 aromatic heterocycles. The van der Waals surface area contributed by atoms with Gasteiger partial charge >= 0.3 is 6.18 Å². The van der Waals surface area contributed by atoms with E-state index in [4.69, 9.17) is 0 Å². The zero-order chi connectivity index (χ0) is 26.7. The van der Waals surface area contributed by atoms with Crippen molar-refractivity contribution >= 4 is 5.91 Å². The number of benzene rings is 3. The molecule has 3 aromatic rings. The second kappa shape index (κ2) is 10.9. The van der Waals surface area contributed by atoms with Crippen LogP contribution in [0.4, 0.5) is 17.6 Å². The number of nitrogens with zero attached hydrogens (tertiary/aromatic N) is 2. The first kappa shape index (κ1) is 26.7. The van der Waals surface area contributed by atoms with Gasteiger partial charge in [-0.2, -0.15) is 13.2 Å². The Balaban J connectivity index is 1.63. The van der Waals surface area contributed by atoms with Gasteiger partial charge in [-0.3, -0.25) is 9.69 Å². The number of carbonyl (C=O) groups excluding carboxylic acids is 1. The van der Waals surface area contributed by atoms with Crippen LogP contribution in [0.1, 0.15) is 46.8 Å². The highest BCUT2D eigenvalue weighted by Gasteiger charge is 2.38. The molecule has 1 amide bonds. The van der Waals surface area contributed by atoms with Crippen molar-refractivity contribution in [3.63, 3.8) is 0 Å². The molecule has 1 heterocycles. The summed E-state index contributed by atoms with van der Waals surface area (Å²) >= 11 is 0. The van der Waals surface area contributed by atoms with Gasteiger partial charge in [0.25, 0.3) is 5.91 Å². The third kappa shape index (κ3) is 6.31. The van der Waals surface area contributed by atoms with E-state index in [0.717, 1.165) is 11.6 Å². The highest BCUT2D eigenvalue weighted by Crippen LogP contribution is 2.38. The number of para-hydroxylation sites is 1. The summed E-state index contributed by atoms with van der Waals surface area (Å²) in [5.41, 5.74) is 0.951. The van der Waals surface area contributed by atoms with Crippen LogP contribution in [-0.2, 0) is 12.7 Å². The van der Waals surface area contributed by atoms with Crippen LogP contribution in [0.15, 0.2) is 72.8 Å². The number of hydrogen-bond donors (Lipinski definition) is 1. The third-order valence-corrected chi connectivity index (χ3v) is 6.95. The summed E-state index contributed by atoms with van der Waals surface area (Å²) in [6, 6.07) is 17.6. The lowest BCUT2D eigenvalue weighted by Crippen LogP contribution is -2.42. The molecule has 0 aliphatic carbocycles. The Bertz CT molecular complexity index is 1230. The number of alkyl halides is 3. The summed E-state index contributed by atoms with van der Waals surface area (Å²) in [5.74, 6) is -0.932. The van der Waals surface area contributed by atoms with Gasteiger partial charge in [0.2, 0.25) is 0 Å². The van der Waals surface area contributed by atoms with Gasteiger partial charge in [0.1, 0.15) is 11.6 Å². The van der Waals surface area contributed by atoms with Gasteiger partial charge < -0.3 is 10.0 Å². The van der Waals surface area contributed by atoms with Crippen LogP contribution in [0.2, 0.25) is 0 Å². The van der Waals surface area contributed by atoms with Crippen molar-refractivity contribution in [3.8, 4) is 5.75 Å². The molecule has 8 heteroatoms. The Hall–Kier alpha value is -3.39. The standard InChI is InChI=1S/C29H30F4N2O2/c1-19(2)35(28(37)20-10-12-25(30)13-11-20)17-23-16-34(15-22-6-3-4-9-27(22)36)18-26(23)21-7-5-8-24(14-21)29(31,32)33/h3-14,19,23,26,36H,15-18H2,1-2H3. The maximum absolute atomic E-state index is 13.5. The molecule has 37 heavy (non-hydrogen) atoms. The summed E-state index contributed by atoms with van der Waals surface area (Å²) in [5, 5.41) is 10.3. The zero-order valence-electron chi connectivity index (χ0n) is 20.8. The van der Waals surface area contributed by atoms with E-state index >= 15 is 0 Å². The third-order valence-electron chi connectivity index (χ3n) is 6.95. The molecule has 196 valence electrons. The van der Waals surface area contributed by atoms with Crippen molar-refractivity contribution in [2.24, 2.45) is 5.92 Å². The van der Waals surface area contributed by atoms with E-state index in [1.165, 1.54) is 36.4 Å². The Morgan fingerprint density at radius 2 is 1.73 bits per heavy atom. The molecule has 4 rings (SSSR count). The van der Waals surface area contributed by atoms with Crippen LogP contribution in [0, 0.1) is 11.7 Å². The fraction of sp³-hybridized carbons (Fsp3) is 0.345. The van der Waals surface area contributed by atoms with Crippen molar-refractivity contribution in [1.82, 2.24) is 9.80 Å². The Kier molecular flexibility index (Phi) is 7.87. The van der Waals surface area contributed by atoms with E-state index in [1.807, 2.05) is 26.0 Å². The summed E-state index contributed by atoms with van der Waals surface area (Å²) in [6.45, 7) is 5.55. The molecule has 2 unspecified atom stereocenters. The molecule has 0 radical (unpaired) electrons. The molecule has 0 spiro atoms. The van der Waals surface area contributed by atoms with Crippen molar-refractivity contribution in [1.29, 1.82) is 0 Å². The lowest BCUT2D eigenvalue weighted by Gasteiger charge is -2.32. The van der Waals surface area contributed by atoms with Crippen molar-refractivity contribution in [3.05, 3.63) is 101 Å². The minimum Gasteiger partial charge on any atom is -0.508 e. The van der Waals surface area contributed by atoms with Crippen LogP contribution < -0.4 is 0 Å². The van der Waals surface area contributed by atoms with Crippen LogP contribution in [0.25, 0.3) is 0 Å². The van der Waals surface area contributed by atoms with Crippen molar-refractivity contribution in [2.45, 2.75) is 38.5 Å². The van der Waals surface area contributed by atoms with Gasteiger partial charge in [0.15, 0.2) is 0 Å². The fourth-order valence-corrected chi connectivity index (χ4v) is 5.02. The molecular weight excluding hydrogens is 484 g/mol. The Morgan fingerprint density at radius 1 is 1.03 bits per heavy atom. The lowest BCUT2D eigenvalue weighted by atomic mass is 9.87. The van der Waals surface area contributed by atoms with Crippen LogP contribution >= 0.6 is 0 Å². The molecule has 3 aromatic carbocycles. The second-order valence-electron chi connectivity index (χ2n) is 9.87. The number of halogens is 4. The molecule has 0 saturated carbocycles. The van der Waals surface area contributed by atoms with E-state index in [9.17, 15) is 27.5 Å². The Labute approximate surface area is 214 Å². The number of amides is 1. The van der Waals surface area contributed by atoms with Crippen molar-refractivity contribution < 1.29 is 27.5 Å². The topological polar surface area (TPSA) is 43.8 Å². The van der Waals surface area contributed by atoms with Gasteiger partial charge in [-0.1, -0.05) is 36.4 Å². The molecule has 1 N–H and O–H groups in total. The first-order valence-electron chi connectivity index (χ1n) is 12.3. The highest BCUT2D eigenvalue weighted by molar-refractivity contribution is 5.94. The smallest absolute Gasteiger partial charge is 0.416 e. The minimum absolute atomic E-state index is 0.152. The number of aromatic hydroxyl groups is 1. The van der Waals surface area contributed by atoms with E-state index in [-0.39, 0.29) is 29.5 Å². The number of hydrogen-bond acceptors (Lipinski definition) is 3. The molecule has 4 nitrogen and oxygen atoms in total. The maximum atomic E-state index is 13.5. The summed E-state index contributed by atoms with van der Waals surface area (Å²) in [7, 11) is 0. The molecule has 1 saturated heterocycles. The molecule has 0 bridgehead atoms. The first-order valence-corrected chi connectivity index (χ1v) is 12.3. The lowest BCUT2D eigenvalue weighted by molar-refractivity contribution is -0.137. The highest BCUT2D eigenvalue weighted by atomic mass is 19.4. The summed E-state index contributed by atoms with van der Waals surface area (Å²) < 4.78 is 53.9. The van der Waals surface area contributed by atoms with Crippen LogP contribution in [-0.4, -0.2) is 46.5 Å². The van der Waals surface area contributed by atoms with Crippen molar-refractivity contribution in [2.75, 3.05) is 19.6 Å². The number of carbonyl (C=O) groups is 1. The fourth-order valence-electron chi connectivity index (χ4n) is 5.02. The number of rotatable bonds is 7. The van der Waals surface area contributed by atoms with Gasteiger partial charge in [0.05, 0.1) is 5.56 Å². The quantitative estimate of drug-likeness (QED) is 0.376. The van der Waals surface area contributed by atoms with Crippen LogP contribution in [0.3, 0.4) is 0 Å². The van der Waals surface area contributed by atoms with E-state index < -0.39 is 17.6 Å². The molecule has 1 fully saturated rings. The van der Waals surface area contributed by atoms with Gasteiger partial charge in [0, 0.05) is 49.3 Å². The zero-order valence-corrected chi connectivity index (χ0v) is 20.8. The Morgan fingerprint density at radius 3 is 2.38 bits per heavy atom. The maximum Gasteiger partial charge on any atom is 0.416 e. The van der Waals surface area contributed by atoms with Crippen LogP contribution in [0.5, 0.6) is 5.75 Å². The summed E-state index contributed by atoms with van der Waals surface area (Å²) in [6.07, 6.45) is -4.46. The number of likely N-dealkylation sites (tertiary alicyclic amines) is 1. The van der Waals surface area contributed by atoms with E-state index in [1.54, 1.807) is 23.1 Å². The predicted molar refractivity (Wildman–Crippen MR) is 134 cm³/mol. The van der Waals surface area contributed by atoms with E-state index in [2.05, 4.69) is 4.90 Å². The van der Waals surface area contributed by atoms with Gasteiger partial charge in [-0.25, -0.2) is 4.39 Å². The molecule has 1 aliphatic heterocycles. The van der Waals surface area contributed by atoms with E-state index in [0.29, 0.717) is 37.3 Å². The number of phenolic OH excluding ortho intramolecular Hbond substituents is 1. The molecule has 2 atom stereocenters.